The molecule has 1 aliphatic heterocycles. The van der Waals surface area contributed by atoms with Gasteiger partial charge in [0.2, 0.25) is 5.95 Å². The van der Waals surface area contributed by atoms with Crippen molar-refractivity contribution in [3.05, 3.63) is 53.9 Å². The van der Waals surface area contributed by atoms with Crippen LogP contribution in [0.3, 0.4) is 0 Å². The highest BCUT2D eigenvalue weighted by Gasteiger charge is 2.26. The smallest absolute Gasteiger partial charge is 0.410 e. The number of aromatic nitrogens is 5. The molecule has 11 nitrogen and oxygen atoms in total. The first-order valence-corrected chi connectivity index (χ1v) is 13.1. The SMILES string of the molecule is Cc1cccc(C)c1Nc1nn(C)c2nc(Nc3ccc(N4CCN(C(=O)OC(C)(C)C)CC4)cn3)ncc12. The van der Waals surface area contributed by atoms with E-state index in [1.165, 1.54) is 0 Å². The first-order chi connectivity index (χ1) is 18.6. The fourth-order valence-electron chi connectivity index (χ4n) is 4.56. The first-order valence-electron chi connectivity index (χ1n) is 13.1. The number of aryl methyl sites for hydroxylation is 3. The van der Waals surface area contributed by atoms with Gasteiger partial charge < -0.3 is 25.2 Å². The molecule has 1 aliphatic rings. The summed E-state index contributed by atoms with van der Waals surface area (Å²) in [7, 11) is 1.87. The Morgan fingerprint density at radius 3 is 2.31 bits per heavy atom. The van der Waals surface area contributed by atoms with E-state index in [1.54, 1.807) is 15.8 Å². The van der Waals surface area contributed by atoms with Gasteiger partial charge in [0, 0.05) is 45.1 Å². The molecular formula is C28H35N9O2. The lowest BCUT2D eigenvalue weighted by molar-refractivity contribution is 0.0240. The van der Waals surface area contributed by atoms with Crippen LogP contribution in [-0.4, -0.2) is 67.5 Å². The van der Waals surface area contributed by atoms with Crippen molar-refractivity contribution in [1.29, 1.82) is 0 Å². The van der Waals surface area contributed by atoms with Crippen molar-refractivity contribution < 1.29 is 9.53 Å². The minimum absolute atomic E-state index is 0.265. The van der Waals surface area contributed by atoms with Gasteiger partial charge in [0.25, 0.3) is 0 Å². The molecule has 2 N–H and O–H groups in total. The summed E-state index contributed by atoms with van der Waals surface area (Å²) in [6.45, 7) is 12.4. The number of pyridine rings is 1. The highest BCUT2D eigenvalue weighted by Crippen LogP contribution is 2.29. The minimum Gasteiger partial charge on any atom is -0.444 e. The lowest BCUT2D eigenvalue weighted by atomic mass is 10.1. The van der Waals surface area contributed by atoms with Crippen LogP contribution in [0.5, 0.6) is 0 Å². The summed E-state index contributed by atoms with van der Waals surface area (Å²) in [5.74, 6) is 1.79. The predicted molar refractivity (Wildman–Crippen MR) is 153 cm³/mol. The third kappa shape index (κ3) is 5.87. The molecule has 0 saturated carbocycles. The van der Waals surface area contributed by atoms with Crippen molar-refractivity contribution in [3.8, 4) is 0 Å². The highest BCUT2D eigenvalue weighted by molar-refractivity contribution is 5.90. The van der Waals surface area contributed by atoms with Crippen LogP contribution in [0.4, 0.5) is 33.8 Å². The molecule has 1 saturated heterocycles. The number of piperazine rings is 1. The fourth-order valence-corrected chi connectivity index (χ4v) is 4.56. The number of para-hydroxylation sites is 1. The summed E-state index contributed by atoms with van der Waals surface area (Å²) in [5.41, 5.74) is 4.54. The van der Waals surface area contributed by atoms with Crippen LogP contribution >= 0.6 is 0 Å². The van der Waals surface area contributed by atoms with Gasteiger partial charge in [-0.15, -0.1) is 0 Å². The molecule has 4 heterocycles. The summed E-state index contributed by atoms with van der Waals surface area (Å²) < 4.78 is 7.23. The number of anilines is 5. The average Bonchev–Trinajstić information content (AvgIpc) is 3.20. The second-order valence-corrected chi connectivity index (χ2v) is 10.8. The van der Waals surface area contributed by atoms with Crippen molar-refractivity contribution in [2.24, 2.45) is 7.05 Å². The Bertz CT molecular complexity index is 1460. The van der Waals surface area contributed by atoms with E-state index in [9.17, 15) is 4.79 Å². The van der Waals surface area contributed by atoms with Gasteiger partial charge in [-0.25, -0.2) is 19.4 Å². The van der Waals surface area contributed by atoms with Gasteiger partial charge >= 0.3 is 6.09 Å². The quantitative estimate of drug-likeness (QED) is 0.372. The summed E-state index contributed by atoms with van der Waals surface area (Å²) in [5, 5.41) is 12.1. The molecule has 1 amide bonds. The lowest BCUT2D eigenvalue weighted by Gasteiger charge is -2.36. The van der Waals surface area contributed by atoms with E-state index in [1.807, 2.05) is 52.2 Å². The number of ether oxygens (including phenoxy) is 1. The third-order valence-corrected chi connectivity index (χ3v) is 6.59. The first kappa shape index (κ1) is 26.2. The number of benzene rings is 1. The number of rotatable bonds is 5. The summed E-state index contributed by atoms with van der Waals surface area (Å²) >= 11 is 0. The standard InChI is InChI=1S/C28H35N9O2/c1-18-8-7-9-19(2)23(18)32-24-21-17-30-26(33-25(21)35(6)34-24)31-22-11-10-20(16-29-22)36-12-14-37(15-13-36)27(38)39-28(3,4)5/h7-11,16-17H,12-15H2,1-6H3,(H,32,34)(H,29,30,31,33). The van der Waals surface area contributed by atoms with E-state index < -0.39 is 5.60 Å². The molecule has 0 atom stereocenters. The van der Waals surface area contributed by atoms with Gasteiger partial charge in [-0.1, -0.05) is 18.2 Å². The largest absolute Gasteiger partial charge is 0.444 e. The molecule has 0 unspecified atom stereocenters. The Labute approximate surface area is 228 Å². The highest BCUT2D eigenvalue weighted by atomic mass is 16.6. The molecular weight excluding hydrogens is 494 g/mol. The topological polar surface area (TPSA) is 113 Å². The Morgan fingerprint density at radius 1 is 0.949 bits per heavy atom. The number of carbonyl (C=O) groups is 1. The number of carbonyl (C=O) groups excluding carboxylic acids is 1. The van der Waals surface area contributed by atoms with Crippen molar-refractivity contribution >= 4 is 46.1 Å². The van der Waals surface area contributed by atoms with E-state index >= 15 is 0 Å². The van der Waals surface area contributed by atoms with Crippen LogP contribution in [0, 0.1) is 13.8 Å². The van der Waals surface area contributed by atoms with E-state index in [0.29, 0.717) is 49.4 Å². The molecule has 4 aromatic rings. The number of amides is 1. The predicted octanol–water partition coefficient (Wildman–Crippen LogP) is 4.92. The number of nitrogens with one attached hydrogen (secondary N) is 2. The Kier molecular flexibility index (Phi) is 6.98. The Hall–Kier alpha value is -4.41. The maximum Gasteiger partial charge on any atom is 0.410 e. The second-order valence-electron chi connectivity index (χ2n) is 10.8. The van der Waals surface area contributed by atoms with Gasteiger partial charge in [-0.2, -0.15) is 10.1 Å². The molecule has 0 radical (unpaired) electrons. The maximum atomic E-state index is 12.3. The molecule has 1 aromatic carbocycles. The lowest BCUT2D eigenvalue weighted by Crippen LogP contribution is -2.50. The molecule has 39 heavy (non-hydrogen) atoms. The third-order valence-electron chi connectivity index (χ3n) is 6.59. The van der Waals surface area contributed by atoms with Crippen LogP contribution in [0.1, 0.15) is 31.9 Å². The minimum atomic E-state index is -0.494. The zero-order chi connectivity index (χ0) is 27.7. The van der Waals surface area contributed by atoms with Gasteiger partial charge in [-0.3, -0.25) is 0 Å². The van der Waals surface area contributed by atoms with Gasteiger partial charge in [-0.05, 0) is 57.9 Å². The fraction of sp³-hybridized carbons (Fsp3) is 0.393. The van der Waals surface area contributed by atoms with Crippen LogP contribution in [0.2, 0.25) is 0 Å². The molecule has 1 fully saturated rings. The zero-order valence-corrected chi connectivity index (χ0v) is 23.3. The Balaban J connectivity index is 1.23. The van der Waals surface area contributed by atoms with E-state index in [4.69, 9.17) is 4.74 Å². The van der Waals surface area contributed by atoms with E-state index in [0.717, 1.165) is 27.9 Å². The van der Waals surface area contributed by atoms with Crippen molar-refractivity contribution in [2.45, 2.75) is 40.2 Å². The molecule has 3 aromatic heterocycles. The molecule has 204 valence electrons. The molecule has 5 rings (SSSR count). The molecule has 0 bridgehead atoms. The van der Waals surface area contributed by atoms with E-state index in [-0.39, 0.29) is 6.09 Å². The monoisotopic (exact) mass is 529 g/mol. The number of nitrogens with zero attached hydrogens (tertiary/aromatic N) is 7. The summed E-state index contributed by atoms with van der Waals surface area (Å²) in [6.07, 6.45) is 3.32. The normalized spacial score (nSPS) is 14.0. The molecule has 11 heteroatoms. The van der Waals surface area contributed by atoms with Crippen LogP contribution in [-0.2, 0) is 11.8 Å². The number of fused-ring (bicyclic) bond motifs is 1. The van der Waals surface area contributed by atoms with Crippen molar-refractivity contribution in [3.63, 3.8) is 0 Å². The average molecular weight is 530 g/mol. The van der Waals surface area contributed by atoms with E-state index in [2.05, 4.69) is 61.6 Å². The number of hydrogen-bond acceptors (Lipinski definition) is 9. The van der Waals surface area contributed by atoms with Crippen molar-refractivity contribution in [2.75, 3.05) is 41.7 Å². The van der Waals surface area contributed by atoms with Crippen LogP contribution < -0.4 is 15.5 Å². The van der Waals surface area contributed by atoms with Gasteiger partial charge in [0.05, 0.1) is 17.3 Å². The summed E-state index contributed by atoms with van der Waals surface area (Å²) in [6, 6.07) is 10.1. The molecule has 0 spiro atoms. The van der Waals surface area contributed by atoms with Gasteiger partial charge in [0.15, 0.2) is 11.5 Å². The number of hydrogen-bond donors (Lipinski definition) is 2. The molecule has 0 aliphatic carbocycles. The van der Waals surface area contributed by atoms with Crippen LogP contribution in [0.15, 0.2) is 42.7 Å². The second kappa shape index (κ2) is 10.4. The zero-order valence-electron chi connectivity index (χ0n) is 23.3. The Morgan fingerprint density at radius 2 is 1.67 bits per heavy atom. The van der Waals surface area contributed by atoms with Crippen LogP contribution in [0.25, 0.3) is 11.0 Å². The summed E-state index contributed by atoms with van der Waals surface area (Å²) in [4.78, 5) is 30.0. The maximum absolute atomic E-state index is 12.3. The van der Waals surface area contributed by atoms with Crippen molar-refractivity contribution in [1.82, 2.24) is 29.6 Å². The van der Waals surface area contributed by atoms with Gasteiger partial charge in [0.1, 0.15) is 11.4 Å².